The van der Waals surface area contributed by atoms with Crippen LogP contribution in [0.3, 0.4) is 0 Å². The summed E-state index contributed by atoms with van der Waals surface area (Å²) < 4.78 is 1.90. The van der Waals surface area contributed by atoms with E-state index in [0.717, 1.165) is 52.9 Å². The van der Waals surface area contributed by atoms with Gasteiger partial charge in [-0.2, -0.15) is 0 Å². The largest absolute Gasteiger partial charge is 0.325 e. The summed E-state index contributed by atoms with van der Waals surface area (Å²) >= 11 is 1.54. The first-order valence-corrected chi connectivity index (χ1v) is 10.2. The fourth-order valence-corrected chi connectivity index (χ4v) is 4.17. The number of anilines is 1. The van der Waals surface area contributed by atoms with Crippen LogP contribution in [0.15, 0.2) is 30.6 Å². The molecule has 1 amide bonds. The summed E-state index contributed by atoms with van der Waals surface area (Å²) in [4.78, 5) is 15.2. The molecule has 0 radical (unpaired) electrons. The molecule has 1 fully saturated rings. The Morgan fingerprint density at radius 3 is 2.93 bits per heavy atom. The van der Waals surface area contributed by atoms with Crippen molar-refractivity contribution in [2.24, 2.45) is 7.05 Å². The predicted octanol–water partition coefficient (Wildman–Crippen LogP) is 2.64. The lowest BCUT2D eigenvalue weighted by Crippen LogP contribution is -2.46. The molecular weight excluding hydrogens is 374 g/mol. The molecule has 9 heteroatoms. The Balaban J connectivity index is 1.48. The van der Waals surface area contributed by atoms with Crippen LogP contribution in [0.5, 0.6) is 0 Å². The maximum absolute atomic E-state index is 13.0. The molecule has 3 heterocycles. The first kappa shape index (κ1) is 18.7. The minimum absolute atomic E-state index is 0.0208. The second-order valence-electron chi connectivity index (χ2n) is 7.04. The van der Waals surface area contributed by atoms with E-state index in [1.165, 1.54) is 0 Å². The van der Waals surface area contributed by atoms with Gasteiger partial charge in [0.2, 0.25) is 5.91 Å². The Hall–Kier alpha value is -2.65. The molecule has 1 aliphatic rings. The smallest absolute Gasteiger partial charge is 0.241 e. The summed E-state index contributed by atoms with van der Waals surface area (Å²) in [6, 6.07) is 7.60. The first-order valence-electron chi connectivity index (χ1n) is 9.38. The number of nitrogens with one attached hydrogen (secondary N) is 1. The van der Waals surface area contributed by atoms with E-state index in [-0.39, 0.29) is 11.9 Å². The van der Waals surface area contributed by atoms with Gasteiger partial charge < -0.3 is 9.88 Å². The lowest BCUT2D eigenvalue weighted by atomic mass is 10.0. The minimum atomic E-state index is -0.169. The summed E-state index contributed by atoms with van der Waals surface area (Å²) in [7, 11) is 1.93. The molecule has 1 aliphatic heterocycles. The number of carbonyl (C=O) groups is 1. The molecule has 1 aromatic carbocycles. The van der Waals surface area contributed by atoms with Gasteiger partial charge in [-0.25, -0.2) is 0 Å². The number of aryl methyl sites for hydroxylation is 2. The Morgan fingerprint density at radius 2 is 2.18 bits per heavy atom. The third-order valence-electron chi connectivity index (χ3n) is 4.97. The lowest BCUT2D eigenvalue weighted by molar-refractivity contribution is -0.122. The minimum Gasteiger partial charge on any atom is -0.325 e. The molecule has 0 aliphatic carbocycles. The molecule has 1 atom stereocenters. The molecule has 0 bridgehead atoms. The summed E-state index contributed by atoms with van der Waals surface area (Å²) in [6.07, 6.45) is 4.68. The average Bonchev–Trinajstić information content (AvgIpc) is 3.31. The van der Waals surface area contributed by atoms with Gasteiger partial charge >= 0.3 is 0 Å². The second kappa shape index (κ2) is 8.15. The number of rotatable bonds is 5. The number of likely N-dealkylation sites (tertiary alicyclic amines) is 1. The summed E-state index contributed by atoms with van der Waals surface area (Å²) in [5, 5.41) is 21.2. The number of hydrogen-bond acceptors (Lipinski definition) is 7. The van der Waals surface area contributed by atoms with Crippen LogP contribution in [0.2, 0.25) is 0 Å². The molecule has 146 valence electrons. The lowest BCUT2D eigenvalue weighted by Gasteiger charge is -2.34. The van der Waals surface area contributed by atoms with Crippen molar-refractivity contribution in [3.8, 4) is 10.6 Å². The van der Waals surface area contributed by atoms with Crippen molar-refractivity contribution in [2.45, 2.75) is 38.8 Å². The van der Waals surface area contributed by atoms with Crippen LogP contribution in [0.1, 0.15) is 30.1 Å². The van der Waals surface area contributed by atoms with E-state index >= 15 is 0 Å². The molecule has 2 aromatic heterocycles. The van der Waals surface area contributed by atoms with E-state index in [9.17, 15) is 4.79 Å². The standard InChI is InChI=1S/C19H23N7OS/c1-13-22-24-19(28-13)14-6-5-7-15(10-14)21-18(27)16-8-3-4-9-26(16)11-17-23-20-12-25(17)2/h5-7,10,12,16H,3-4,8-9,11H2,1-2H3,(H,21,27). The van der Waals surface area contributed by atoms with Gasteiger partial charge in [0.15, 0.2) is 0 Å². The van der Waals surface area contributed by atoms with Crippen LogP contribution in [-0.4, -0.2) is 48.4 Å². The number of benzene rings is 1. The summed E-state index contributed by atoms with van der Waals surface area (Å²) in [5.74, 6) is 0.890. The van der Waals surface area contributed by atoms with Crippen molar-refractivity contribution < 1.29 is 4.79 Å². The Labute approximate surface area is 167 Å². The molecule has 3 aromatic rings. The molecule has 4 rings (SSSR count). The van der Waals surface area contributed by atoms with Crippen molar-refractivity contribution in [3.05, 3.63) is 41.4 Å². The van der Waals surface area contributed by atoms with Gasteiger partial charge in [0.05, 0.1) is 12.6 Å². The number of piperidine rings is 1. The van der Waals surface area contributed by atoms with E-state index in [2.05, 4.69) is 30.6 Å². The van der Waals surface area contributed by atoms with Crippen LogP contribution < -0.4 is 5.32 Å². The molecule has 0 saturated carbocycles. The average molecular weight is 398 g/mol. The number of nitrogens with zero attached hydrogens (tertiary/aromatic N) is 6. The summed E-state index contributed by atoms with van der Waals surface area (Å²) in [6.45, 7) is 3.44. The Kier molecular flexibility index (Phi) is 5.45. The van der Waals surface area contributed by atoms with E-state index in [0.29, 0.717) is 6.54 Å². The molecule has 1 unspecified atom stereocenters. The van der Waals surface area contributed by atoms with Crippen molar-refractivity contribution in [1.82, 2.24) is 29.9 Å². The van der Waals surface area contributed by atoms with Gasteiger partial charge in [-0.05, 0) is 38.4 Å². The van der Waals surface area contributed by atoms with E-state index in [1.807, 2.05) is 42.8 Å². The Bertz CT molecular complexity index is 967. The highest BCUT2D eigenvalue weighted by Crippen LogP contribution is 2.26. The highest BCUT2D eigenvalue weighted by Gasteiger charge is 2.29. The zero-order valence-electron chi connectivity index (χ0n) is 16.0. The maximum Gasteiger partial charge on any atom is 0.241 e. The van der Waals surface area contributed by atoms with Gasteiger partial charge in [-0.1, -0.05) is 29.9 Å². The molecule has 1 saturated heterocycles. The van der Waals surface area contributed by atoms with Crippen LogP contribution in [0.4, 0.5) is 5.69 Å². The first-order chi connectivity index (χ1) is 13.6. The monoisotopic (exact) mass is 397 g/mol. The van der Waals surface area contributed by atoms with E-state index in [1.54, 1.807) is 17.7 Å². The Morgan fingerprint density at radius 1 is 1.29 bits per heavy atom. The van der Waals surface area contributed by atoms with E-state index < -0.39 is 0 Å². The number of aromatic nitrogens is 5. The fourth-order valence-electron chi connectivity index (χ4n) is 3.48. The van der Waals surface area contributed by atoms with E-state index in [4.69, 9.17) is 0 Å². The predicted molar refractivity (Wildman–Crippen MR) is 108 cm³/mol. The quantitative estimate of drug-likeness (QED) is 0.712. The van der Waals surface area contributed by atoms with Gasteiger partial charge in [0.25, 0.3) is 0 Å². The molecule has 0 spiro atoms. The third kappa shape index (κ3) is 4.10. The molecular formula is C19H23N7OS. The highest BCUT2D eigenvalue weighted by molar-refractivity contribution is 7.14. The number of amides is 1. The van der Waals surface area contributed by atoms with Crippen LogP contribution in [0, 0.1) is 6.92 Å². The fraction of sp³-hybridized carbons (Fsp3) is 0.421. The second-order valence-corrected chi connectivity index (χ2v) is 8.22. The van der Waals surface area contributed by atoms with Crippen molar-refractivity contribution >= 4 is 22.9 Å². The molecule has 8 nitrogen and oxygen atoms in total. The molecule has 28 heavy (non-hydrogen) atoms. The topological polar surface area (TPSA) is 88.8 Å². The van der Waals surface area contributed by atoms with Gasteiger partial charge in [0, 0.05) is 18.3 Å². The zero-order chi connectivity index (χ0) is 19.5. The SMILES string of the molecule is Cc1nnc(-c2cccc(NC(=O)C3CCCCN3Cc3nncn3C)c2)s1. The number of hydrogen-bond donors (Lipinski definition) is 1. The van der Waals surface area contributed by atoms with Crippen LogP contribution >= 0.6 is 11.3 Å². The third-order valence-corrected chi connectivity index (χ3v) is 5.86. The summed E-state index contributed by atoms with van der Waals surface area (Å²) in [5.41, 5.74) is 1.74. The van der Waals surface area contributed by atoms with Crippen molar-refractivity contribution in [3.63, 3.8) is 0 Å². The normalized spacial score (nSPS) is 17.6. The number of carbonyl (C=O) groups excluding carboxylic acids is 1. The van der Waals surface area contributed by atoms with Gasteiger partial charge in [-0.15, -0.1) is 20.4 Å². The highest BCUT2D eigenvalue weighted by atomic mass is 32.1. The van der Waals surface area contributed by atoms with Gasteiger partial charge in [0.1, 0.15) is 22.2 Å². The van der Waals surface area contributed by atoms with Gasteiger partial charge in [-0.3, -0.25) is 9.69 Å². The maximum atomic E-state index is 13.0. The van der Waals surface area contributed by atoms with Crippen molar-refractivity contribution in [2.75, 3.05) is 11.9 Å². The van der Waals surface area contributed by atoms with Crippen molar-refractivity contribution in [1.29, 1.82) is 0 Å². The van der Waals surface area contributed by atoms with Crippen LogP contribution in [0.25, 0.3) is 10.6 Å². The molecule has 1 N–H and O–H groups in total. The van der Waals surface area contributed by atoms with Crippen LogP contribution in [-0.2, 0) is 18.4 Å². The zero-order valence-corrected chi connectivity index (χ0v) is 16.8.